The summed E-state index contributed by atoms with van der Waals surface area (Å²) >= 11 is 0. The molecule has 1 aliphatic rings. The topological polar surface area (TPSA) is 92.8 Å². The van der Waals surface area contributed by atoms with E-state index in [9.17, 15) is 9.59 Å². The molecule has 126 valence electrons. The fourth-order valence-corrected chi connectivity index (χ4v) is 2.44. The summed E-state index contributed by atoms with van der Waals surface area (Å²) in [7, 11) is 1.24. The van der Waals surface area contributed by atoms with Gasteiger partial charge in [-0.15, -0.1) is 0 Å². The van der Waals surface area contributed by atoms with Crippen molar-refractivity contribution in [3.63, 3.8) is 0 Å². The zero-order valence-corrected chi connectivity index (χ0v) is 13.5. The molecule has 23 heavy (non-hydrogen) atoms. The molecule has 2 heterocycles. The van der Waals surface area contributed by atoms with Crippen LogP contribution in [0.25, 0.3) is 0 Å². The summed E-state index contributed by atoms with van der Waals surface area (Å²) in [4.78, 5) is 29.1. The zero-order valence-electron chi connectivity index (χ0n) is 13.5. The Bertz CT molecular complexity index is 539. The van der Waals surface area contributed by atoms with Crippen molar-refractivity contribution in [2.24, 2.45) is 0 Å². The minimum atomic E-state index is -0.649. The second kappa shape index (κ2) is 7.77. The van der Waals surface area contributed by atoms with Gasteiger partial charge in [0.25, 0.3) is 0 Å². The van der Waals surface area contributed by atoms with Gasteiger partial charge in [-0.1, -0.05) is 0 Å². The Morgan fingerprint density at radius 1 is 1.35 bits per heavy atom. The van der Waals surface area contributed by atoms with E-state index < -0.39 is 6.09 Å². The lowest BCUT2D eigenvalue weighted by molar-refractivity contribution is -0.115. The van der Waals surface area contributed by atoms with Crippen LogP contribution in [0.2, 0.25) is 0 Å². The normalized spacial score (nSPS) is 20.7. The maximum absolute atomic E-state index is 11.7. The second-order valence-electron chi connectivity index (χ2n) is 5.46. The smallest absolute Gasteiger partial charge is 0.407 e. The predicted octanol–water partition coefficient (Wildman–Crippen LogP) is 0.990. The summed E-state index contributed by atoms with van der Waals surface area (Å²) in [6.07, 6.45) is 1.26. The molecule has 2 atom stereocenters. The number of carbonyl (C=O) groups excluding carboxylic acids is 2. The van der Waals surface area contributed by atoms with Gasteiger partial charge in [0.05, 0.1) is 31.2 Å². The summed E-state index contributed by atoms with van der Waals surface area (Å²) in [6, 6.07) is 3.64. The van der Waals surface area contributed by atoms with Crippen molar-refractivity contribution in [2.75, 3.05) is 37.0 Å². The summed E-state index contributed by atoms with van der Waals surface area (Å²) in [5.74, 6) is 0.497. The highest BCUT2D eigenvalue weighted by Gasteiger charge is 2.23. The van der Waals surface area contributed by atoms with Gasteiger partial charge in [-0.2, -0.15) is 0 Å². The summed E-state index contributed by atoms with van der Waals surface area (Å²) in [5.41, 5.74) is 0.569. The maximum atomic E-state index is 11.7. The molecule has 1 aromatic heterocycles. The molecule has 0 aliphatic carbocycles. The van der Waals surface area contributed by atoms with Crippen LogP contribution in [0, 0.1) is 0 Å². The van der Waals surface area contributed by atoms with Gasteiger partial charge in [0.15, 0.2) is 0 Å². The average molecular weight is 322 g/mol. The number of pyridine rings is 1. The number of carbonyl (C=O) groups is 2. The zero-order chi connectivity index (χ0) is 16.8. The number of aromatic nitrogens is 1. The van der Waals surface area contributed by atoms with Crippen molar-refractivity contribution >= 4 is 23.5 Å². The summed E-state index contributed by atoms with van der Waals surface area (Å²) < 4.78 is 10.1. The predicted molar refractivity (Wildman–Crippen MR) is 85.5 cm³/mol. The number of hydrogen-bond donors (Lipinski definition) is 2. The van der Waals surface area contributed by atoms with E-state index in [0.717, 1.165) is 18.9 Å². The van der Waals surface area contributed by atoms with Crippen LogP contribution in [0.5, 0.6) is 0 Å². The molecule has 2 rings (SSSR count). The first-order chi connectivity index (χ1) is 11.0. The largest absolute Gasteiger partial charge is 0.453 e. The first kappa shape index (κ1) is 17.0. The van der Waals surface area contributed by atoms with Crippen LogP contribution < -0.4 is 15.5 Å². The molecule has 8 nitrogen and oxygen atoms in total. The lowest BCUT2D eigenvalue weighted by Gasteiger charge is -2.36. The van der Waals surface area contributed by atoms with Crippen molar-refractivity contribution in [1.29, 1.82) is 0 Å². The molecule has 8 heteroatoms. The van der Waals surface area contributed by atoms with E-state index in [2.05, 4.69) is 25.3 Å². The molecule has 1 aliphatic heterocycles. The Morgan fingerprint density at radius 3 is 2.61 bits per heavy atom. The molecule has 0 aromatic carbocycles. The fraction of sp³-hybridized carbons (Fsp3) is 0.533. The third kappa shape index (κ3) is 5.10. The van der Waals surface area contributed by atoms with Gasteiger partial charge in [0.1, 0.15) is 12.4 Å². The molecule has 0 spiro atoms. The number of nitrogens with one attached hydrogen (secondary N) is 2. The van der Waals surface area contributed by atoms with Crippen molar-refractivity contribution < 1.29 is 19.1 Å². The van der Waals surface area contributed by atoms with Crippen LogP contribution in [0.4, 0.5) is 16.3 Å². The van der Waals surface area contributed by atoms with Crippen LogP contribution in [0.1, 0.15) is 13.8 Å². The molecular formula is C15H22N4O4. The molecule has 2 N–H and O–H groups in total. The number of alkyl carbamates (subject to hydrolysis) is 1. The molecule has 0 saturated carbocycles. The van der Waals surface area contributed by atoms with Gasteiger partial charge >= 0.3 is 6.09 Å². The Kier molecular flexibility index (Phi) is 5.75. The van der Waals surface area contributed by atoms with E-state index in [1.807, 2.05) is 19.9 Å². The van der Waals surface area contributed by atoms with Crippen molar-refractivity contribution in [3.8, 4) is 0 Å². The van der Waals surface area contributed by atoms with Crippen molar-refractivity contribution in [3.05, 3.63) is 18.3 Å². The van der Waals surface area contributed by atoms with E-state index in [-0.39, 0.29) is 24.7 Å². The Morgan fingerprint density at radius 2 is 2.04 bits per heavy atom. The first-order valence-electron chi connectivity index (χ1n) is 7.46. The van der Waals surface area contributed by atoms with E-state index in [0.29, 0.717) is 5.69 Å². The number of amides is 2. The second-order valence-corrected chi connectivity index (χ2v) is 5.46. The summed E-state index contributed by atoms with van der Waals surface area (Å²) in [5, 5.41) is 4.96. The van der Waals surface area contributed by atoms with Crippen molar-refractivity contribution in [1.82, 2.24) is 10.3 Å². The van der Waals surface area contributed by atoms with Crippen LogP contribution >= 0.6 is 0 Å². The Labute approximate surface area is 135 Å². The Hall–Kier alpha value is -2.35. The monoisotopic (exact) mass is 322 g/mol. The third-order valence-electron chi connectivity index (χ3n) is 3.35. The highest BCUT2D eigenvalue weighted by Crippen LogP contribution is 2.19. The molecule has 1 aromatic rings. The third-order valence-corrected chi connectivity index (χ3v) is 3.35. The van der Waals surface area contributed by atoms with E-state index in [4.69, 9.17) is 4.74 Å². The molecular weight excluding hydrogens is 300 g/mol. The number of morpholine rings is 1. The quantitative estimate of drug-likeness (QED) is 0.859. The average Bonchev–Trinajstić information content (AvgIpc) is 2.52. The van der Waals surface area contributed by atoms with Gasteiger partial charge in [-0.25, -0.2) is 9.78 Å². The van der Waals surface area contributed by atoms with Crippen LogP contribution in [0.15, 0.2) is 18.3 Å². The maximum Gasteiger partial charge on any atom is 0.407 e. The van der Waals surface area contributed by atoms with E-state index in [1.54, 1.807) is 12.3 Å². The molecule has 1 saturated heterocycles. The molecule has 1 fully saturated rings. The minimum Gasteiger partial charge on any atom is -0.453 e. The van der Waals surface area contributed by atoms with Gasteiger partial charge in [-0.05, 0) is 26.0 Å². The standard InChI is InChI=1S/C15H22N4O4/c1-10-8-19(9-11(2)23-10)13-5-4-12(6-16-13)18-14(20)7-17-15(21)22-3/h4-6,10-11H,7-9H2,1-3H3,(H,17,21)(H,18,20)/t10-,11+. The fourth-order valence-electron chi connectivity index (χ4n) is 2.44. The van der Waals surface area contributed by atoms with Gasteiger partial charge in [0, 0.05) is 13.1 Å². The molecule has 0 radical (unpaired) electrons. The number of rotatable bonds is 4. The number of anilines is 2. The molecule has 0 unspecified atom stereocenters. The SMILES string of the molecule is COC(=O)NCC(=O)Nc1ccc(N2C[C@@H](C)O[C@@H](C)C2)nc1. The lowest BCUT2D eigenvalue weighted by atomic mass is 10.2. The number of ether oxygens (including phenoxy) is 2. The van der Waals surface area contributed by atoms with Crippen LogP contribution in [0.3, 0.4) is 0 Å². The van der Waals surface area contributed by atoms with Gasteiger partial charge in [0.2, 0.25) is 5.91 Å². The van der Waals surface area contributed by atoms with E-state index in [1.165, 1.54) is 7.11 Å². The number of nitrogens with zero attached hydrogens (tertiary/aromatic N) is 2. The van der Waals surface area contributed by atoms with Crippen LogP contribution in [-0.2, 0) is 14.3 Å². The highest BCUT2D eigenvalue weighted by atomic mass is 16.5. The summed E-state index contributed by atoms with van der Waals surface area (Å²) in [6.45, 7) is 5.47. The molecule has 2 amide bonds. The van der Waals surface area contributed by atoms with Gasteiger partial charge < -0.3 is 25.0 Å². The number of methoxy groups -OCH3 is 1. The van der Waals surface area contributed by atoms with Gasteiger partial charge in [-0.3, -0.25) is 4.79 Å². The molecule has 0 bridgehead atoms. The minimum absolute atomic E-state index is 0.157. The van der Waals surface area contributed by atoms with Crippen molar-refractivity contribution in [2.45, 2.75) is 26.1 Å². The Balaban J connectivity index is 1.89. The van der Waals surface area contributed by atoms with Crippen LogP contribution in [-0.4, -0.2) is 55.9 Å². The highest BCUT2D eigenvalue weighted by molar-refractivity contribution is 5.93. The first-order valence-corrected chi connectivity index (χ1v) is 7.46. The van der Waals surface area contributed by atoms with E-state index >= 15 is 0 Å². The lowest BCUT2D eigenvalue weighted by Crippen LogP contribution is -2.45. The number of hydrogen-bond acceptors (Lipinski definition) is 6.